The molecule has 4 aromatic rings. The molecule has 1 aliphatic rings. The van der Waals surface area contributed by atoms with Gasteiger partial charge in [-0.15, -0.1) is 10.2 Å². The second-order valence-corrected chi connectivity index (χ2v) is 11.4. The van der Waals surface area contributed by atoms with Crippen LogP contribution in [0.15, 0.2) is 82.7 Å². The first-order valence-corrected chi connectivity index (χ1v) is 14.7. The summed E-state index contributed by atoms with van der Waals surface area (Å²) in [5.74, 6) is -2.02. The number of aromatic nitrogens is 2. The number of aliphatic hydroxyl groups excluding tert-OH is 1. The molecule has 41 heavy (non-hydrogen) atoms. The Hall–Kier alpha value is -4.09. The number of aliphatic hydroxyl groups is 1. The normalized spacial score (nSPS) is 16.4. The first-order chi connectivity index (χ1) is 19.9. The summed E-state index contributed by atoms with van der Waals surface area (Å²) >= 11 is 2.43. The standard InChI is InChI=1S/C30H25F2N3O4S2/c1-2-3-15-39-23-13-9-19(10-14-23)26(36)24-25(20-5-4-6-22(32)16-20)35(28(38)27(24)37)29-33-34-30(41-29)40-17-18-7-11-21(31)12-8-18/h4-14,16,25,36H,2-3,15,17H2,1H3/b26-24+. The fourth-order valence-corrected chi connectivity index (χ4v) is 6.13. The average molecular weight is 594 g/mol. The Labute approximate surface area is 243 Å². The monoisotopic (exact) mass is 593 g/mol. The van der Waals surface area contributed by atoms with Gasteiger partial charge in [0, 0.05) is 11.3 Å². The Bertz CT molecular complexity index is 1590. The number of unbranched alkanes of at least 4 members (excludes halogenated alkanes) is 1. The molecule has 11 heteroatoms. The molecule has 1 amide bonds. The molecule has 0 aliphatic carbocycles. The summed E-state index contributed by atoms with van der Waals surface area (Å²) in [6.45, 7) is 2.61. The van der Waals surface area contributed by atoms with Crippen molar-refractivity contribution >= 4 is 45.7 Å². The van der Waals surface area contributed by atoms with Crippen LogP contribution < -0.4 is 9.64 Å². The maximum atomic E-state index is 14.3. The summed E-state index contributed by atoms with van der Waals surface area (Å²) in [5.41, 5.74) is 1.28. The van der Waals surface area contributed by atoms with Gasteiger partial charge in [-0.25, -0.2) is 8.78 Å². The van der Waals surface area contributed by atoms with E-state index >= 15 is 0 Å². The molecular formula is C30H25F2N3O4S2. The molecule has 1 aliphatic heterocycles. The molecule has 7 nitrogen and oxygen atoms in total. The first kappa shape index (κ1) is 28.4. The Morgan fingerprint density at radius 2 is 1.78 bits per heavy atom. The number of hydrogen-bond donors (Lipinski definition) is 1. The van der Waals surface area contributed by atoms with Crippen LogP contribution in [0.2, 0.25) is 0 Å². The lowest BCUT2D eigenvalue weighted by atomic mass is 9.95. The molecule has 1 aromatic heterocycles. The number of amides is 1. The summed E-state index contributed by atoms with van der Waals surface area (Å²) in [6.07, 6.45) is 1.89. The van der Waals surface area contributed by atoms with Crippen LogP contribution in [0.1, 0.15) is 42.5 Å². The van der Waals surface area contributed by atoms with E-state index in [1.807, 2.05) is 0 Å². The zero-order valence-corrected chi connectivity index (χ0v) is 23.6. The molecule has 2 heterocycles. The van der Waals surface area contributed by atoms with Gasteiger partial charge < -0.3 is 9.84 Å². The number of ether oxygens (including phenoxy) is 1. The van der Waals surface area contributed by atoms with Gasteiger partial charge in [0.2, 0.25) is 5.13 Å². The van der Waals surface area contributed by atoms with Gasteiger partial charge in [0.05, 0.1) is 18.2 Å². The van der Waals surface area contributed by atoms with E-state index in [1.165, 1.54) is 42.1 Å². The molecule has 0 spiro atoms. The van der Waals surface area contributed by atoms with E-state index in [1.54, 1.807) is 42.5 Å². The molecule has 210 valence electrons. The molecule has 1 saturated heterocycles. The predicted octanol–water partition coefficient (Wildman–Crippen LogP) is 6.91. The number of hydrogen-bond acceptors (Lipinski definition) is 8. The minimum Gasteiger partial charge on any atom is -0.507 e. The van der Waals surface area contributed by atoms with Crippen molar-refractivity contribution in [1.82, 2.24) is 10.2 Å². The zero-order valence-electron chi connectivity index (χ0n) is 21.9. The largest absolute Gasteiger partial charge is 0.507 e. The van der Waals surface area contributed by atoms with Crippen molar-refractivity contribution in [3.05, 3.63) is 107 Å². The van der Waals surface area contributed by atoms with Crippen LogP contribution in [-0.4, -0.2) is 33.6 Å². The highest BCUT2D eigenvalue weighted by molar-refractivity contribution is 8.00. The minimum absolute atomic E-state index is 0.127. The lowest BCUT2D eigenvalue weighted by Crippen LogP contribution is -2.29. The molecule has 1 fully saturated rings. The zero-order chi connectivity index (χ0) is 28.9. The number of thioether (sulfide) groups is 1. The molecule has 1 atom stereocenters. The summed E-state index contributed by atoms with van der Waals surface area (Å²) in [7, 11) is 0. The molecule has 1 unspecified atom stereocenters. The van der Waals surface area contributed by atoms with Gasteiger partial charge in [-0.1, -0.05) is 60.7 Å². The molecule has 0 radical (unpaired) electrons. The Balaban J connectivity index is 1.48. The highest BCUT2D eigenvalue weighted by Gasteiger charge is 2.48. The fraction of sp³-hybridized carbons (Fsp3) is 0.200. The third-order valence-corrected chi connectivity index (χ3v) is 8.51. The van der Waals surface area contributed by atoms with Crippen LogP contribution >= 0.6 is 23.1 Å². The van der Waals surface area contributed by atoms with Gasteiger partial charge in [-0.3, -0.25) is 14.5 Å². The van der Waals surface area contributed by atoms with Crippen molar-refractivity contribution in [3.8, 4) is 5.75 Å². The lowest BCUT2D eigenvalue weighted by molar-refractivity contribution is -0.132. The topological polar surface area (TPSA) is 92.6 Å². The molecule has 0 saturated carbocycles. The molecular weight excluding hydrogens is 568 g/mol. The van der Waals surface area contributed by atoms with Gasteiger partial charge in [-0.05, 0) is 66.1 Å². The van der Waals surface area contributed by atoms with Crippen LogP contribution in [-0.2, 0) is 15.3 Å². The van der Waals surface area contributed by atoms with Crippen LogP contribution in [0.25, 0.3) is 5.76 Å². The Morgan fingerprint density at radius 3 is 2.49 bits per heavy atom. The summed E-state index contributed by atoms with van der Waals surface area (Å²) in [6, 6.07) is 17.0. The van der Waals surface area contributed by atoms with Crippen molar-refractivity contribution < 1.29 is 28.2 Å². The number of ketones is 1. The predicted molar refractivity (Wildman–Crippen MR) is 154 cm³/mol. The van der Waals surface area contributed by atoms with Crippen molar-refractivity contribution in [1.29, 1.82) is 0 Å². The van der Waals surface area contributed by atoms with E-state index in [9.17, 15) is 23.5 Å². The smallest absolute Gasteiger partial charge is 0.301 e. The fourth-order valence-electron chi connectivity index (χ4n) is 4.30. The van der Waals surface area contributed by atoms with Crippen LogP contribution in [0.4, 0.5) is 13.9 Å². The first-order valence-electron chi connectivity index (χ1n) is 12.9. The third kappa shape index (κ3) is 6.31. The molecule has 3 aromatic carbocycles. The SMILES string of the molecule is CCCCOc1ccc(/C(O)=C2\C(=O)C(=O)N(c3nnc(SCc4ccc(F)cc4)s3)C2c2cccc(F)c2)cc1. The van der Waals surface area contributed by atoms with Crippen molar-refractivity contribution in [2.45, 2.75) is 35.9 Å². The number of anilines is 1. The van der Waals surface area contributed by atoms with Gasteiger partial charge in [0.1, 0.15) is 23.1 Å². The van der Waals surface area contributed by atoms with Crippen molar-refractivity contribution in [2.24, 2.45) is 0 Å². The van der Waals surface area contributed by atoms with Gasteiger partial charge >= 0.3 is 5.91 Å². The maximum absolute atomic E-state index is 14.3. The number of halogens is 2. The van der Waals surface area contributed by atoms with Gasteiger partial charge in [0.25, 0.3) is 5.78 Å². The van der Waals surface area contributed by atoms with Crippen LogP contribution in [0.3, 0.4) is 0 Å². The molecule has 1 N–H and O–H groups in total. The number of nitrogens with zero attached hydrogens (tertiary/aromatic N) is 3. The molecule has 0 bridgehead atoms. The number of benzene rings is 3. The Morgan fingerprint density at radius 1 is 1.02 bits per heavy atom. The number of rotatable bonds is 10. The third-order valence-electron chi connectivity index (χ3n) is 6.38. The van der Waals surface area contributed by atoms with E-state index in [2.05, 4.69) is 17.1 Å². The number of carbonyl (C=O) groups is 2. The van der Waals surface area contributed by atoms with Gasteiger partial charge in [0.15, 0.2) is 4.34 Å². The maximum Gasteiger partial charge on any atom is 0.301 e. The van der Waals surface area contributed by atoms with E-state index in [0.29, 0.717) is 33.6 Å². The van der Waals surface area contributed by atoms with E-state index in [-0.39, 0.29) is 16.5 Å². The van der Waals surface area contributed by atoms with E-state index < -0.39 is 29.3 Å². The van der Waals surface area contributed by atoms with Gasteiger partial charge in [-0.2, -0.15) is 0 Å². The highest BCUT2D eigenvalue weighted by Crippen LogP contribution is 2.44. The molecule has 5 rings (SSSR count). The highest BCUT2D eigenvalue weighted by atomic mass is 32.2. The summed E-state index contributed by atoms with van der Waals surface area (Å²) in [4.78, 5) is 27.9. The number of Topliss-reactive ketones (excluding diaryl/α,β-unsaturated/α-hetero) is 1. The summed E-state index contributed by atoms with van der Waals surface area (Å²) in [5, 5.41) is 19.7. The average Bonchev–Trinajstić information content (AvgIpc) is 3.55. The number of carbonyl (C=O) groups excluding carboxylic acids is 2. The van der Waals surface area contributed by atoms with Crippen molar-refractivity contribution in [3.63, 3.8) is 0 Å². The van der Waals surface area contributed by atoms with Crippen LogP contribution in [0.5, 0.6) is 5.75 Å². The van der Waals surface area contributed by atoms with E-state index in [4.69, 9.17) is 4.74 Å². The lowest BCUT2D eigenvalue weighted by Gasteiger charge is -2.22. The minimum atomic E-state index is -1.13. The van der Waals surface area contributed by atoms with E-state index in [0.717, 1.165) is 34.6 Å². The summed E-state index contributed by atoms with van der Waals surface area (Å²) < 4.78 is 33.7. The Kier molecular flexibility index (Phi) is 8.75. The second kappa shape index (κ2) is 12.6. The second-order valence-electron chi connectivity index (χ2n) is 9.22. The van der Waals surface area contributed by atoms with Crippen molar-refractivity contribution in [2.75, 3.05) is 11.5 Å². The van der Waals surface area contributed by atoms with Crippen LogP contribution in [0, 0.1) is 11.6 Å². The quantitative estimate of drug-likeness (QED) is 0.0533.